The number of rotatable bonds is 5. The zero-order valence-corrected chi connectivity index (χ0v) is 15.8. The molecule has 1 fully saturated rings. The number of thioether (sulfide) groups is 1. The number of aryl methyl sites for hydroxylation is 1. The number of nitrogens with zero attached hydrogens (tertiary/aromatic N) is 2. The summed E-state index contributed by atoms with van der Waals surface area (Å²) in [5.74, 6) is 0.120. The number of amides is 1. The van der Waals surface area contributed by atoms with Gasteiger partial charge in [-0.05, 0) is 37.3 Å². The summed E-state index contributed by atoms with van der Waals surface area (Å²) >= 11 is 1.86. The number of nitrogens with one attached hydrogen (secondary N) is 2. The number of H-pyrrole nitrogens is 1. The predicted octanol–water partition coefficient (Wildman–Crippen LogP) is 3.66. The van der Waals surface area contributed by atoms with E-state index in [4.69, 9.17) is 0 Å². The van der Waals surface area contributed by atoms with Crippen molar-refractivity contribution in [3.05, 3.63) is 48.4 Å². The van der Waals surface area contributed by atoms with Crippen molar-refractivity contribution in [2.24, 2.45) is 7.05 Å². The smallest absolute Gasteiger partial charge is 0.224 e. The first-order valence-corrected chi connectivity index (χ1v) is 10.1. The second kappa shape index (κ2) is 7.58. The standard InChI is InChI=1S/C20H24N4OS/c1-24-11-10-21-20(24)26-16-8-6-15(7-9-16)23-19(25)12-14-13-22-18-5-3-2-4-17(14)18/h2-5,10-11,13,15-16,22H,6-9,12H2,1H3,(H,23,25). The van der Waals surface area contributed by atoms with E-state index in [2.05, 4.69) is 25.9 Å². The van der Waals surface area contributed by atoms with E-state index in [1.807, 2.05) is 55.6 Å². The number of carbonyl (C=O) groups excluding carboxylic acids is 1. The highest BCUT2D eigenvalue weighted by atomic mass is 32.2. The Hall–Kier alpha value is -2.21. The third kappa shape index (κ3) is 3.80. The number of carbonyl (C=O) groups is 1. The van der Waals surface area contributed by atoms with Crippen molar-refractivity contribution in [3.63, 3.8) is 0 Å². The quantitative estimate of drug-likeness (QED) is 0.722. The van der Waals surface area contributed by atoms with E-state index in [0.717, 1.165) is 47.3 Å². The largest absolute Gasteiger partial charge is 0.361 e. The van der Waals surface area contributed by atoms with Gasteiger partial charge in [0.25, 0.3) is 0 Å². The summed E-state index contributed by atoms with van der Waals surface area (Å²) in [4.78, 5) is 20.1. The van der Waals surface area contributed by atoms with Gasteiger partial charge in [-0.1, -0.05) is 30.0 Å². The maximum absolute atomic E-state index is 12.5. The van der Waals surface area contributed by atoms with E-state index in [9.17, 15) is 4.79 Å². The van der Waals surface area contributed by atoms with Gasteiger partial charge in [0, 0.05) is 47.8 Å². The Balaban J connectivity index is 1.27. The van der Waals surface area contributed by atoms with Crippen LogP contribution in [0.5, 0.6) is 0 Å². The molecule has 0 radical (unpaired) electrons. The Morgan fingerprint density at radius 3 is 2.88 bits per heavy atom. The fraction of sp³-hybridized carbons (Fsp3) is 0.400. The molecule has 2 N–H and O–H groups in total. The van der Waals surface area contributed by atoms with Crippen LogP contribution in [0, 0.1) is 0 Å². The zero-order valence-electron chi connectivity index (χ0n) is 14.9. The summed E-state index contributed by atoms with van der Waals surface area (Å²) in [5, 5.41) is 6.04. The average molecular weight is 369 g/mol. The molecule has 0 aliphatic heterocycles. The number of fused-ring (bicyclic) bond motifs is 1. The Morgan fingerprint density at radius 2 is 2.12 bits per heavy atom. The summed E-state index contributed by atoms with van der Waals surface area (Å²) in [6.07, 6.45) is 10.5. The highest BCUT2D eigenvalue weighted by molar-refractivity contribution is 7.99. The molecule has 26 heavy (non-hydrogen) atoms. The van der Waals surface area contributed by atoms with Crippen molar-refractivity contribution in [2.45, 2.75) is 48.6 Å². The van der Waals surface area contributed by atoms with Gasteiger partial charge in [-0.25, -0.2) is 4.98 Å². The van der Waals surface area contributed by atoms with Crippen LogP contribution in [0.3, 0.4) is 0 Å². The highest BCUT2D eigenvalue weighted by Gasteiger charge is 2.24. The molecule has 136 valence electrons. The van der Waals surface area contributed by atoms with Gasteiger partial charge in [-0.3, -0.25) is 4.79 Å². The Morgan fingerprint density at radius 1 is 1.31 bits per heavy atom. The number of para-hydroxylation sites is 1. The van der Waals surface area contributed by atoms with E-state index >= 15 is 0 Å². The van der Waals surface area contributed by atoms with Gasteiger partial charge in [0.2, 0.25) is 5.91 Å². The minimum atomic E-state index is 0.120. The fourth-order valence-electron chi connectivity index (χ4n) is 3.67. The second-order valence-electron chi connectivity index (χ2n) is 7.02. The number of benzene rings is 1. The van der Waals surface area contributed by atoms with Crippen LogP contribution in [0.2, 0.25) is 0 Å². The van der Waals surface area contributed by atoms with E-state index in [-0.39, 0.29) is 5.91 Å². The van der Waals surface area contributed by atoms with Crippen LogP contribution in [-0.4, -0.2) is 31.7 Å². The Labute approximate surface area is 157 Å². The lowest BCUT2D eigenvalue weighted by molar-refractivity contribution is -0.121. The summed E-state index contributed by atoms with van der Waals surface area (Å²) < 4.78 is 2.07. The molecule has 0 atom stereocenters. The summed E-state index contributed by atoms with van der Waals surface area (Å²) in [6, 6.07) is 8.42. The molecule has 2 aromatic heterocycles. The molecule has 1 amide bonds. The van der Waals surface area contributed by atoms with Crippen molar-refractivity contribution in [1.82, 2.24) is 19.9 Å². The van der Waals surface area contributed by atoms with Crippen molar-refractivity contribution in [2.75, 3.05) is 0 Å². The summed E-state index contributed by atoms with van der Waals surface area (Å²) in [7, 11) is 2.03. The molecule has 6 heteroatoms. The Kier molecular flexibility index (Phi) is 5.02. The number of hydrogen-bond acceptors (Lipinski definition) is 3. The fourth-order valence-corrected chi connectivity index (χ4v) is 4.82. The maximum atomic E-state index is 12.5. The molecule has 1 aromatic carbocycles. The van der Waals surface area contributed by atoms with Crippen LogP contribution in [0.25, 0.3) is 10.9 Å². The topological polar surface area (TPSA) is 62.7 Å². The predicted molar refractivity (Wildman–Crippen MR) is 105 cm³/mol. The molecule has 0 spiro atoms. The average Bonchev–Trinajstić information content (AvgIpc) is 3.23. The van der Waals surface area contributed by atoms with Gasteiger partial charge in [0.15, 0.2) is 5.16 Å². The lowest BCUT2D eigenvalue weighted by Gasteiger charge is -2.28. The van der Waals surface area contributed by atoms with Gasteiger partial charge < -0.3 is 14.9 Å². The van der Waals surface area contributed by atoms with Gasteiger partial charge in [0.1, 0.15) is 0 Å². The third-order valence-corrected chi connectivity index (χ3v) is 6.52. The van der Waals surface area contributed by atoms with Gasteiger partial charge in [-0.15, -0.1) is 0 Å². The van der Waals surface area contributed by atoms with Crippen LogP contribution in [0.4, 0.5) is 0 Å². The first-order chi connectivity index (χ1) is 12.7. The van der Waals surface area contributed by atoms with E-state index in [0.29, 0.717) is 17.7 Å². The van der Waals surface area contributed by atoms with E-state index in [1.165, 1.54) is 0 Å². The number of aromatic nitrogens is 3. The molecule has 0 bridgehead atoms. The van der Waals surface area contributed by atoms with Crippen LogP contribution in [-0.2, 0) is 18.3 Å². The van der Waals surface area contributed by atoms with E-state index < -0.39 is 0 Å². The first kappa shape index (κ1) is 17.2. The molecule has 3 aromatic rings. The SMILES string of the molecule is Cn1ccnc1SC1CCC(NC(=O)Cc2c[nH]c3ccccc23)CC1. The molecule has 0 saturated heterocycles. The van der Waals surface area contributed by atoms with Crippen LogP contribution in [0.1, 0.15) is 31.2 Å². The van der Waals surface area contributed by atoms with Gasteiger partial charge >= 0.3 is 0 Å². The maximum Gasteiger partial charge on any atom is 0.224 e. The van der Waals surface area contributed by atoms with Gasteiger partial charge in [-0.2, -0.15) is 0 Å². The molecule has 4 rings (SSSR count). The summed E-state index contributed by atoms with van der Waals surface area (Å²) in [5.41, 5.74) is 2.15. The normalized spacial score (nSPS) is 20.3. The molecular formula is C20H24N4OS. The number of aromatic amines is 1. The number of imidazole rings is 1. The minimum absolute atomic E-state index is 0.120. The molecule has 1 aliphatic carbocycles. The minimum Gasteiger partial charge on any atom is -0.361 e. The van der Waals surface area contributed by atoms with Crippen LogP contribution in [0.15, 0.2) is 48.0 Å². The molecule has 0 unspecified atom stereocenters. The summed E-state index contributed by atoms with van der Waals surface area (Å²) in [6.45, 7) is 0. The number of hydrogen-bond donors (Lipinski definition) is 2. The highest BCUT2D eigenvalue weighted by Crippen LogP contribution is 2.32. The van der Waals surface area contributed by atoms with Crippen molar-refractivity contribution in [1.29, 1.82) is 0 Å². The molecule has 1 saturated carbocycles. The second-order valence-corrected chi connectivity index (χ2v) is 8.28. The van der Waals surface area contributed by atoms with Crippen LogP contribution >= 0.6 is 11.8 Å². The van der Waals surface area contributed by atoms with Crippen molar-refractivity contribution < 1.29 is 4.79 Å². The van der Waals surface area contributed by atoms with Crippen LogP contribution < -0.4 is 5.32 Å². The lowest BCUT2D eigenvalue weighted by atomic mass is 9.94. The molecule has 5 nitrogen and oxygen atoms in total. The zero-order chi connectivity index (χ0) is 17.9. The molecule has 2 heterocycles. The van der Waals surface area contributed by atoms with Crippen molar-refractivity contribution in [3.8, 4) is 0 Å². The molecular weight excluding hydrogens is 344 g/mol. The van der Waals surface area contributed by atoms with Gasteiger partial charge in [0.05, 0.1) is 6.42 Å². The first-order valence-electron chi connectivity index (χ1n) is 9.17. The third-order valence-electron chi connectivity index (χ3n) is 5.11. The Bertz CT molecular complexity index is 892. The van der Waals surface area contributed by atoms with Crippen molar-refractivity contribution >= 4 is 28.6 Å². The lowest BCUT2D eigenvalue weighted by Crippen LogP contribution is -2.38. The molecule has 1 aliphatic rings. The monoisotopic (exact) mass is 368 g/mol. The van der Waals surface area contributed by atoms with E-state index in [1.54, 1.807) is 0 Å².